The Kier molecular flexibility index (Phi) is 5.23. The van der Waals surface area contributed by atoms with Gasteiger partial charge in [-0.15, -0.1) is 10.2 Å². The minimum absolute atomic E-state index is 0.0626. The number of rotatable bonds is 4. The maximum absolute atomic E-state index is 12.9. The standard InChI is InChI=1S/C22H26N6O2/c29-21(23-18-6-8-19(9-7-18)26-12-14-30-15-13-26)17-4-3-10-27(16-17)22-25-24-20-5-1-2-11-28(20)22/h1-2,5-9,11,17H,3-4,10,12-16H2,(H,23,29). The summed E-state index contributed by atoms with van der Waals surface area (Å²) < 4.78 is 7.39. The van der Waals surface area contributed by atoms with E-state index in [1.807, 2.05) is 40.9 Å². The van der Waals surface area contributed by atoms with E-state index in [1.54, 1.807) is 0 Å². The zero-order valence-corrected chi connectivity index (χ0v) is 16.9. The van der Waals surface area contributed by atoms with E-state index in [2.05, 4.69) is 37.4 Å². The van der Waals surface area contributed by atoms with Crippen molar-refractivity contribution in [1.29, 1.82) is 0 Å². The monoisotopic (exact) mass is 406 g/mol. The number of hydrogen-bond acceptors (Lipinski definition) is 6. The molecule has 2 aromatic heterocycles. The van der Waals surface area contributed by atoms with Gasteiger partial charge in [-0.1, -0.05) is 6.07 Å². The van der Waals surface area contributed by atoms with Gasteiger partial charge in [0.2, 0.25) is 11.9 Å². The van der Waals surface area contributed by atoms with Gasteiger partial charge in [-0.25, -0.2) is 0 Å². The molecule has 8 heteroatoms. The fraction of sp³-hybridized carbons (Fsp3) is 0.409. The third-order valence-electron chi connectivity index (χ3n) is 5.88. The van der Waals surface area contributed by atoms with Crippen LogP contribution in [0.2, 0.25) is 0 Å². The number of nitrogens with one attached hydrogen (secondary N) is 1. The summed E-state index contributed by atoms with van der Waals surface area (Å²) in [4.78, 5) is 17.4. The third-order valence-corrected chi connectivity index (χ3v) is 5.88. The molecule has 1 N–H and O–H groups in total. The Bertz CT molecular complexity index is 1010. The molecule has 1 unspecified atom stereocenters. The van der Waals surface area contributed by atoms with Crippen molar-refractivity contribution in [3.63, 3.8) is 0 Å². The number of amides is 1. The van der Waals surface area contributed by atoms with Gasteiger partial charge in [0.1, 0.15) is 0 Å². The first-order chi connectivity index (χ1) is 14.8. The van der Waals surface area contributed by atoms with Gasteiger partial charge in [0.05, 0.1) is 19.1 Å². The molecule has 1 aromatic carbocycles. The predicted molar refractivity (Wildman–Crippen MR) is 116 cm³/mol. The molecule has 2 aliphatic heterocycles. The number of fused-ring (bicyclic) bond motifs is 1. The van der Waals surface area contributed by atoms with Crippen molar-refractivity contribution in [3.8, 4) is 0 Å². The lowest BCUT2D eigenvalue weighted by molar-refractivity contribution is -0.120. The van der Waals surface area contributed by atoms with Crippen molar-refractivity contribution in [3.05, 3.63) is 48.7 Å². The normalized spacial score (nSPS) is 19.8. The van der Waals surface area contributed by atoms with E-state index >= 15 is 0 Å². The van der Waals surface area contributed by atoms with Crippen LogP contribution in [0.3, 0.4) is 0 Å². The molecule has 2 saturated heterocycles. The number of anilines is 3. The van der Waals surface area contributed by atoms with Gasteiger partial charge in [-0.3, -0.25) is 9.20 Å². The van der Waals surface area contributed by atoms with Crippen LogP contribution < -0.4 is 15.1 Å². The Balaban J connectivity index is 1.23. The number of benzene rings is 1. The number of pyridine rings is 1. The molecule has 0 spiro atoms. The van der Waals surface area contributed by atoms with Crippen molar-refractivity contribution in [2.75, 3.05) is 54.5 Å². The van der Waals surface area contributed by atoms with Crippen LogP contribution in [-0.4, -0.2) is 59.9 Å². The van der Waals surface area contributed by atoms with E-state index in [0.717, 1.165) is 63.0 Å². The highest BCUT2D eigenvalue weighted by atomic mass is 16.5. The Labute approximate surface area is 175 Å². The molecule has 5 rings (SSSR count). The second-order valence-corrected chi connectivity index (χ2v) is 7.85. The van der Waals surface area contributed by atoms with E-state index in [0.29, 0.717) is 6.54 Å². The lowest BCUT2D eigenvalue weighted by atomic mass is 9.97. The van der Waals surface area contributed by atoms with Crippen molar-refractivity contribution in [2.24, 2.45) is 5.92 Å². The van der Waals surface area contributed by atoms with E-state index < -0.39 is 0 Å². The summed E-state index contributed by atoms with van der Waals surface area (Å²) in [6, 6.07) is 13.9. The van der Waals surface area contributed by atoms with Crippen LogP contribution in [0.1, 0.15) is 12.8 Å². The van der Waals surface area contributed by atoms with Crippen molar-refractivity contribution < 1.29 is 9.53 Å². The predicted octanol–water partition coefficient (Wildman–Crippen LogP) is 2.42. The highest BCUT2D eigenvalue weighted by molar-refractivity contribution is 5.93. The molecule has 0 aliphatic carbocycles. The van der Waals surface area contributed by atoms with Crippen molar-refractivity contribution in [2.45, 2.75) is 12.8 Å². The molecule has 0 radical (unpaired) electrons. The van der Waals surface area contributed by atoms with Crippen LogP contribution in [0.4, 0.5) is 17.3 Å². The summed E-state index contributed by atoms with van der Waals surface area (Å²) in [6.07, 6.45) is 3.80. The van der Waals surface area contributed by atoms with Gasteiger partial charge in [0.15, 0.2) is 5.65 Å². The zero-order valence-electron chi connectivity index (χ0n) is 16.9. The highest BCUT2D eigenvalue weighted by Gasteiger charge is 2.28. The number of carbonyl (C=O) groups excluding carboxylic acids is 1. The van der Waals surface area contributed by atoms with Gasteiger partial charge in [0, 0.05) is 43.8 Å². The molecule has 156 valence electrons. The molecule has 3 aromatic rings. The number of ether oxygens (including phenoxy) is 1. The van der Waals surface area contributed by atoms with Crippen LogP contribution in [-0.2, 0) is 9.53 Å². The Morgan fingerprint density at radius 3 is 2.67 bits per heavy atom. The number of morpholine rings is 1. The molecule has 1 atom stereocenters. The van der Waals surface area contributed by atoms with E-state index in [-0.39, 0.29) is 11.8 Å². The lowest BCUT2D eigenvalue weighted by Crippen LogP contribution is -2.41. The number of piperidine rings is 1. The summed E-state index contributed by atoms with van der Waals surface area (Å²) in [6.45, 7) is 4.86. The van der Waals surface area contributed by atoms with Crippen molar-refractivity contribution in [1.82, 2.24) is 14.6 Å². The van der Waals surface area contributed by atoms with Crippen LogP contribution in [0.15, 0.2) is 48.7 Å². The summed E-state index contributed by atoms with van der Waals surface area (Å²) in [7, 11) is 0. The molecule has 4 heterocycles. The number of nitrogens with zero attached hydrogens (tertiary/aromatic N) is 5. The molecular formula is C22H26N6O2. The molecule has 2 fully saturated rings. The van der Waals surface area contributed by atoms with Crippen LogP contribution in [0, 0.1) is 5.92 Å². The lowest BCUT2D eigenvalue weighted by Gasteiger charge is -2.32. The molecule has 8 nitrogen and oxygen atoms in total. The Morgan fingerprint density at radius 2 is 1.83 bits per heavy atom. The van der Waals surface area contributed by atoms with Gasteiger partial charge >= 0.3 is 0 Å². The van der Waals surface area contributed by atoms with Gasteiger partial charge < -0.3 is 19.9 Å². The maximum atomic E-state index is 12.9. The minimum Gasteiger partial charge on any atom is -0.378 e. The maximum Gasteiger partial charge on any atom is 0.231 e. The molecule has 30 heavy (non-hydrogen) atoms. The van der Waals surface area contributed by atoms with Crippen LogP contribution in [0.5, 0.6) is 0 Å². The first-order valence-corrected chi connectivity index (χ1v) is 10.6. The number of hydrogen-bond donors (Lipinski definition) is 1. The fourth-order valence-electron chi connectivity index (χ4n) is 4.24. The van der Waals surface area contributed by atoms with Crippen LogP contribution >= 0.6 is 0 Å². The topological polar surface area (TPSA) is 75.0 Å². The first-order valence-electron chi connectivity index (χ1n) is 10.6. The second-order valence-electron chi connectivity index (χ2n) is 7.85. The van der Waals surface area contributed by atoms with E-state index in [9.17, 15) is 4.79 Å². The molecule has 2 aliphatic rings. The third kappa shape index (κ3) is 3.82. The smallest absolute Gasteiger partial charge is 0.231 e. The minimum atomic E-state index is -0.0752. The summed E-state index contributed by atoms with van der Waals surface area (Å²) in [5, 5.41) is 11.7. The first kappa shape index (κ1) is 18.9. The number of aromatic nitrogens is 3. The van der Waals surface area contributed by atoms with Crippen LogP contribution in [0.25, 0.3) is 5.65 Å². The second kappa shape index (κ2) is 8.31. The number of carbonyl (C=O) groups is 1. The summed E-state index contributed by atoms with van der Waals surface area (Å²) in [5.41, 5.74) is 2.82. The quantitative estimate of drug-likeness (QED) is 0.717. The van der Waals surface area contributed by atoms with Gasteiger partial charge in [-0.2, -0.15) is 0 Å². The Hall–Kier alpha value is -3.13. The van der Waals surface area contributed by atoms with E-state index in [4.69, 9.17) is 4.74 Å². The van der Waals surface area contributed by atoms with Gasteiger partial charge in [0.25, 0.3) is 0 Å². The Morgan fingerprint density at radius 1 is 1.00 bits per heavy atom. The SMILES string of the molecule is O=C(Nc1ccc(N2CCOCC2)cc1)C1CCCN(c2nnc3ccccn23)C1. The van der Waals surface area contributed by atoms with E-state index in [1.165, 1.54) is 5.69 Å². The largest absolute Gasteiger partial charge is 0.378 e. The van der Waals surface area contributed by atoms with Crippen molar-refractivity contribution >= 4 is 28.9 Å². The molecule has 0 saturated carbocycles. The summed E-state index contributed by atoms with van der Waals surface area (Å²) in [5.74, 6) is 0.791. The molecule has 1 amide bonds. The highest BCUT2D eigenvalue weighted by Crippen LogP contribution is 2.24. The zero-order chi connectivity index (χ0) is 20.3. The molecular weight excluding hydrogens is 380 g/mol. The summed E-state index contributed by atoms with van der Waals surface area (Å²) >= 11 is 0. The average molecular weight is 406 g/mol. The van der Waals surface area contributed by atoms with Gasteiger partial charge in [-0.05, 0) is 49.2 Å². The molecule has 0 bridgehead atoms. The average Bonchev–Trinajstić information content (AvgIpc) is 3.24. The fourth-order valence-corrected chi connectivity index (χ4v) is 4.24.